The van der Waals surface area contributed by atoms with Crippen LogP contribution >= 0.6 is 11.3 Å². The fourth-order valence-corrected chi connectivity index (χ4v) is 5.97. The van der Waals surface area contributed by atoms with Gasteiger partial charge in [0.05, 0.1) is 11.4 Å². The van der Waals surface area contributed by atoms with Crippen LogP contribution in [0.4, 0.5) is 8.78 Å². The molecule has 0 aromatic carbocycles. The van der Waals surface area contributed by atoms with E-state index >= 15 is 0 Å². The largest absolute Gasteiger partial charge is 0.464 e. The molecule has 1 saturated carbocycles. The Labute approximate surface area is 197 Å². The minimum Gasteiger partial charge on any atom is -0.464 e. The molecule has 2 aromatic heterocycles. The van der Waals surface area contributed by atoms with Crippen LogP contribution in [0.5, 0.6) is 5.19 Å². The van der Waals surface area contributed by atoms with Gasteiger partial charge >= 0.3 is 0 Å². The van der Waals surface area contributed by atoms with E-state index in [0.717, 1.165) is 72.9 Å². The van der Waals surface area contributed by atoms with Crippen molar-refractivity contribution in [1.82, 2.24) is 15.0 Å². The summed E-state index contributed by atoms with van der Waals surface area (Å²) < 4.78 is 35.0. The van der Waals surface area contributed by atoms with Gasteiger partial charge in [-0.15, -0.1) is 0 Å². The molecular weight excluding hydrogens is 448 g/mol. The number of halogens is 2. The minimum absolute atomic E-state index is 0.289. The number of ketones is 1. The highest BCUT2D eigenvalue weighted by Crippen LogP contribution is 2.34. The van der Waals surface area contributed by atoms with Gasteiger partial charge < -0.3 is 9.26 Å². The molecule has 3 heterocycles. The Bertz CT molecular complexity index is 918. The molecule has 2 aromatic rings. The molecule has 6 nitrogen and oxygen atoms in total. The van der Waals surface area contributed by atoms with Crippen molar-refractivity contribution < 1.29 is 22.8 Å². The molecule has 0 N–H and O–H groups in total. The van der Waals surface area contributed by atoms with Gasteiger partial charge in [0.2, 0.25) is 0 Å². The fourth-order valence-electron chi connectivity index (χ4n) is 5.05. The number of thiazole rings is 1. The Morgan fingerprint density at radius 3 is 2.70 bits per heavy atom. The normalized spacial score (nSPS) is 21.4. The Balaban J connectivity index is 1.16. The van der Waals surface area contributed by atoms with Crippen molar-refractivity contribution in [3.05, 3.63) is 27.6 Å². The molecule has 0 amide bonds. The van der Waals surface area contributed by atoms with E-state index in [1.807, 2.05) is 13.8 Å². The lowest BCUT2D eigenvalue weighted by atomic mass is 9.78. The van der Waals surface area contributed by atoms with Gasteiger partial charge in [0.25, 0.3) is 11.6 Å². The molecule has 182 valence electrons. The smallest absolute Gasteiger partial charge is 0.273 e. The number of hydrogen-bond donors (Lipinski definition) is 0. The molecule has 1 fully saturated rings. The number of carbonyl (C=O) groups is 1. The number of aryl methyl sites for hydroxylation is 2. The minimum atomic E-state index is -2.47. The Hall–Kier alpha value is -1.87. The number of rotatable bonds is 10. The van der Waals surface area contributed by atoms with Gasteiger partial charge in [-0.05, 0) is 57.9 Å². The van der Waals surface area contributed by atoms with Crippen LogP contribution < -0.4 is 4.74 Å². The molecule has 1 aliphatic carbocycles. The number of nitrogens with zero attached hydrogens (tertiary/aromatic N) is 3. The molecule has 4 rings (SSSR count). The second-order valence-corrected chi connectivity index (χ2v) is 10.5. The van der Waals surface area contributed by atoms with Crippen molar-refractivity contribution in [2.24, 2.45) is 11.8 Å². The van der Waals surface area contributed by atoms with Crippen LogP contribution in [0, 0.1) is 25.7 Å². The maximum Gasteiger partial charge on any atom is 0.273 e. The molecule has 0 spiro atoms. The predicted octanol–water partition coefficient (Wildman–Crippen LogP) is 5.15. The third kappa shape index (κ3) is 6.59. The predicted molar refractivity (Wildman–Crippen MR) is 122 cm³/mol. The monoisotopic (exact) mass is 481 g/mol. The van der Waals surface area contributed by atoms with Crippen molar-refractivity contribution in [3.63, 3.8) is 0 Å². The van der Waals surface area contributed by atoms with Gasteiger partial charge in [-0.25, -0.2) is 13.8 Å². The maximum absolute atomic E-state index is 12.5. The molecule has 9 heteroatoms. The topological polar surface area (TPSA) is 68.5 Å². The second-order valence-electron chi connectivity index (χ2n) is 9.48. The van der Waals surface area contributed by atoms with E-state index in [1.54, 1.807) is 0 Å². The number of carbonyl (C=O) groups excluding carboxylic acids is 1. The lowest BCUT2D eigenvalue weighted by molar-refractivity contribution is -0.119. The van der Waals surface area contributed by atoms with Crippen LogP contribution in [-0.2, 0) is 24.2 Å². The Morgan fingerprint density at radius 1 is 1.24 bits per heavy atom. The lowest BCUT2D eigenvalue weighted by Gasteiger charge is -2.31. The molecule has 0 unspecified atom stereocenters. The van der Waals surface area contributed by atoms with Crippen molar-refractivity contribution >= 4 is 17.1 Å². The van der Waals surface area contributed by atoms with Crippen LogP contribution in [0.1, 0.15) is 66.1 Å². The first-order valence-electron chi connectivity index (χ1n) is 11.9. The average molecular weight is 482 g/mol. The third-order valence-electron chi connectivity index (χ3n) is 7.01. The number of ether oxygens (including phenoxy) is 1. The number of alkyl halides is 2. The highest BCUT2D eigenvalue weighted by atomic mass is 32.1. The quantitative estimate of drug-likeness (QED) is 0.468. The zero-order valence-electron chi connectivity index (χ0n) is 19.4. The summed E-state index contributed by atoms with van der Waals surface area (Å²) in [6.07, 6.45) is 5.30. The summed E-state index contributed by atoms with van der Waals surface area (Å²) >= 11 is 1.40. The first-order valence-corrected chi connectivity index (χ1v) is 12.7. The molecule has 2 aliphatic rings. The SMILES string of the molecule is Cc1noc(C)c1CC(=O)CC1CCC(CCN2CCc3sc(OCC(F)F)nc3C2)CC1. The Morgan fingerprint density at radius 2 is 2.00 bits per heavy atom. The standard InChI is InChI=1S/C24H33F2N3O3S/c1-15-20(16(2)32-28-15)12-19(30)11-18-5-3-17(4-6-18)7-9-29-10-8-22-21(13-29)27-24(33-22)31-14-23(25)26/h17-18,23H,3-14H2,1-2H3. The summed E-state index contributed by atoms with van der Waals surface area (Å²) in [6.45, 7) is 5.95. The first kappa shape index (κ1) is 24.3. The van der Waals surface area contributed by atoms with E-state index in [9.17, 15) is 13.6 Å². The van der Waals surface area contributed by atoms with Crippen LogP contribution in [0.15, 0.2) is 4.52 Å². The van der Waals surface area contributed by atoms with E-state index in [1.165, 1.54) is 24.2 Å². The number of hydrogen-bond acceptors (Lipinski definition) is 7. The zero-order valence-corrected chi connectivity index (χ0v) is 20.3. The fraction of sp³-hybridized carbons (Fsp3) is 0.708. The Kier molecular flexibility index (Phi) is 8.11. The summed E-state index contributed by atoms with van der Waals surface area (Å²) in [6, 6.07) is 0. The van der Waals surface area contributed by atoms with Gasteiger partial charge in [0, 0.05) is 36.4 Å². The van der Waals surface area contributed by atoms with Crippen LogP contribution in [-0.4, -0.2) is 46.9 Å². The summed E-state index contributed by atoms with van der Waals surface area (Å²) in [5.74, 6) is 2.25. The number of Topliss-reactive ketones (excluding diaryl/α,β-unsaturated/α-hetero) is 1. The molecule has 0 bridgehead atoms. The number of aromatic nitrogens is 2. The van der Waals surface area contributed by atoms with Gasteiger partial charge in [-0.1, -0.05) is 29.3 Å². The van der Waals surface area contributed by atoms with E-state index < -0.39 is 13.0 Å². The van der Waals surface area contributed by atoms with Crippen molar-refractivity contribution in [2.45, 2.75) is 78.2 Å². The van der Waals surface area contributed by atoms with Crippen molar-refractivity contribution in [1.29, 1.82) is 0 Å². The van der Waals surface area contributed by atoms with E-state index in [-0.39, 0.29) is 5.78 Å². The summed E-state index contributed by atoms with van der Waals surface area (Å²) in [5.41, 5.74) is 2.76. The summed E-state index contributed by atoms with van der Waals surface area (Å²) in [4.78, 5) is 20.5. The number of fused-ring (bicyclic) bond motifs is 1. The summed E-state index contributed by atoms with van der Waals surface area (Å²) in [5, 5.41) is 4.31. The van der Waals surface area contributed by atoms with Crippen molar-refractivity contribution in [2.75, 3.05) is 19.7 Å². The van der Waals surface area contributed by atoms with E-state index in [4.69, 9.17) is 9.26 Å². The molecule has 0 saturated heterocycles. The molecule has 1 aliphatic heterocycles. The lowest BCUT2D eigenvalue weighted by Crippen LogP contribution is -2.32. The highest BCUT2D eigenvalue weighted by molar-refractivity contribution is 7.13. The van der Waals surface area contributed by atoms with Gasteiger partial charge in [-0.2, -0.15) is 0 Å². The maximum atomic E-state index is 12.5. The zero-order chi connectivity index (χ0) is 23.4. The molecular formula is C24H33F2N3O3S. The highest BCUT2D eigenvalue weighted by Gasteiger charge is 2.26. The average Bonchev–Trinajstić information content (AvgIpc) is 3.34. The van der Waals surface area contributed by atoms with Crippen LogP contribution in [0.3, 0.4) is 0 Å². The molecule has 0 radical (unpaired) electrons. The van der Waals surface area contributed by atoms with Gasteiger partial charge in [0.1, 0.15) is 11.5 Å². The molecule has 33 heavy (non-hydrogen) atoms. The van der Waals surface area contributed by atoms with Crippen LogP contribution in [0.2, 0.25) is 0 Å². The van der Waals surface area contributed by atoms with Gasteiger partial charge in [0.15, 0.2) is 6.61 Å². The van der Waals surface area contributed by atoms with Gasteiger partial charge in [-0.3, -0.25) is 9.69 Å². The van der Waals surface area contributed by atoms with Crippen molar-refractivity contribution in [3.8, 4) is 5.19 Å². The molecule has 0 atom stereocenters. The van der Waals surface area contributed by atoms with Crippen LogP contribution in [0.25, 0.3) is 0 Å². The van der Waals surface area contributed by atoms with E-state index in [0.29, 0.717) is 29.9 Å². The third-order valence-corrected chi connectivity index (χ3v) is 8.08. The summed E-state index contributed by atoms with van der Waals surface area (Å²) in [7, 11) is 0. The van der Waals surface area contributed by atoms with E-state index in [2.05, 4.69) is 15.0 Å². The first-order chi connectivity index (χ1) is 15.9. The second kappa shape index (κ2) is 11.0.